The average molecular weight is 413 g/mol. The molecule has 29 heavy (non-hydrogen) atoms. The highest BCUT2D eigenvalue weighted by atomic mass is 32.1. The Bertz CT molecular complexity index is 990. The Morgan fingerprint density at radius 2 is 1.69 bits per heavy atom. The van der Waals surface area contributed by atoms with Crippen LogP contribution in [0.1, 0.15) is 13.3 Å². The molecule has 1 fully saturated rings. The van der Waals surface area contributed by atoms with Crippen LogP contribution in [-0.2, 0) is 13.2 Å². The molecule has 1 aromatic carbocycles. The summed E-state index contributed by atoms with van der Waals surface area (Å²) in [5.41, 5.74) is 2.09. The van der Waals surface area contributed by atoms with E-state index < -0.39 is 0 Å². The van der Waals surface area contributed by atoms with E-state index in [2.05, 4.69) is 26.3 Å². The molecular formula is C21H25FN6S. The summed E-state index contributed by atoms with van der Waals surface area (Å²) in [7, 11) is 0. The molecule has 1 aliphatic rings. The molecular weight excluding hydrogens is 387 g/mol. The topological polar surface area (TPSA) is 42.1 Å². The van der Waals surface area contributed by atoms with Crippen LogP contribution in [0.4, 0.5) is 10.1 Å². The van der Waals surface area contributed by atoms with E-state index in [9.17, 15) is 4.39 Å². The van der Waals surface area contributed by atoms with Crippen LogP contribution in [0.5, 0.6) is 0 Å². The van der Waals surface area contributed by atoms with E-state index in [0.29, 0.717) is 6.67 Å². The molecule has 0 radical (unpaired) electrons. The molecule has 0 spiro atoms. The van der Waals surface area contributed by atoms with Crippen LogP contribution in [-0.4, -0.2) is 50.4 Å². The monoisotopic (exact) mass is 412 g/mol. The number of pyridine rings is 1. The summed E-state index contributed by atoms with van der Waals surface area (Å²) in [6.07, 6.45) is 4.55. The van der Waals surface area contributed by atoms with Gasteiger partial charge in [0.25, 0.3) is 0 Å². The van der Waals surface area contributed by atoms with Gasteiger partial charge in [-0.15, -0.1) is 0 Å². The number of rotatable bonds is 6. The molecule has 1 saturated heterocycles. The van der Waals surface area contributed by atoms with Gasteiger partial charge in [0.05, 0.1) is 6.67 Å². The predicted octanol–water partition coefficient (Wildman–Crippen LogP) is 3.80. The summed E-state index contributed by atoms with van der Waals surface area (Å²) in [5, 5.41) is 4.83. The third kappa shape index (κ3) is 4.38. The van der Waals surface area contributed by atoms with Crippen LogP contribution >= 0.6 is 12.2 Å². The van der Waals surface area contributed by atoms with E-state index in [0.717, 1.165) is 61.0 Å². The number of halogens is 1. The Morgan fingerprint density at radius 1 is 1.00 bits per heavy atom. The van der Waals surface area contributed by atoms with E-state index in [-0.39, 0.29) is 5.82 Å². The van der Waals surface area contributed by atoms with E-state index >= 15 is 0 Å². The van der Waals surface area contributed by atoms with Crippen LogP contribution in [0.25, 0.3) is 11.4 Å². The van der Waals surface area contributed by atoms with Crippen molar-refractivity contribution in [1.29, 1.82) is 0 Å². The summed E-state index contributed by atoms with van der Waals surface area (Å²) >= 11 is 5.73. The highest BCUT2D eigenvalue weighted by Gasteiger charge is 2.19. The van der Waals surface area contributed by atoms with Gasteiger partial charge in [-0.2, -0.15) is 5.10 Å². The summed E-state index contributed by atoms with van der Waals surface area (Å²) in [6, 6.07) is 10.7. The molecule has 4 rings (SSSR count). The summed E-state index contributed by atoms with van der Waals surface area (Å²) in [5.74, 6) is 0.693. The Labute approximate surface area is 175 Å². The number of benzene rings is 1. The molecule has 6 nitrogen and oxygen atoms in total. The molecule has 2 aromatic heterocycles. The maximum Gasteiger partial charge on any atom is 0.199 e. The minimum Gasteiger partial charge on any atom is -0.369 e. The molecule has 0 atom stereocenters. The van der Waals surface area contributed by atoms with Gasteiger partial charge in [-0.3, -0.25) is 14.5 Å². The fraction of sp³-hybridized carbons (Fsp3) is 0.381. The Kier molecular flexibility index (Phi) is 6.01. The summed E-state index contributed by atoms with van der Waals surface area (Å²) in [6.45, 7) is 7.26. The van der Waals surface area contributed by atoms with Crippen LogP contribution in [0.3, 0.4) is 0 Å². The molecule has 0 saturated carbocycles. The molecule has 152 valence electrons. The molecule has 3 heterocycles. The second kappa shape index (κ2) is 8.84. The first kappa shape index (κ1) is 19.7. The van der Waals surface area contributed by atoms with Gasteiger partial charge in [0.1, 0.15) is 5.82 Å². The van der Waals surface area contributed by atoms with E-state index in [4.69, 9.17) is 17.3 Å². The van der Waals surface area contributed by atoms with Crippen molar-refractivity contribution >= 4 is 17.9 Å². The lowest BCUT2D eigenvalue weighted by Crippen LogP contribution is -2.47. The van der Waals surface area contributed by atoms with Crippen molar-refractivity contribution in [1.82, 2.24) is 24.2 Å². The third-order valence-corrected chi connectivity index (χ3v) is 5.64. The van der Waals surface area contributed by atoms with Crippen LogP contribution < -0.4 is 4.90 Å². The fourth-order valence-corrected chi connectivity index (χ4v) is 3.94. The molecule has 0 aliphatic carbocycles. The minimum atomic E-state index is -0.200. The first-order valence-corrected chi connectivity index (χ1v) is 10.4. The largest absolute Gasteiger partial charge is 0.369 e. The lowest BCUT2D eigenvalue weighted by molar-refractivity contribution is 0.194. The van der Waals surface area contributed by atoms with Crippen molar-refractivity contribution in [2.24, 2.45) is 0 Å². The lowest BCUT2D eigenvalue weighted by Gasteiger charge is -2.35. The number of hydrogen-bond donors (Lipinski definition) is 0. The van der Waals surface area contributed by atoms with Crippen molar-refractivity contribution in [2.45, 2.75) is 26.6 Å². The van der Waals surface area contributed by atoms with Gasteiger partial charge in [-0.1, -0.05) is 6.92 Å². The molecule has 0 unspecified atom stereocenters. The van der Waals surface area contributed by atoms with Gasteiger partial charge in [-0.25, -0.2) is 9.07 Å². The standard InChI is InChI=1S/C21H25FN6S/c1-2-11-27-20(17-7-9-23-10-8-17)24-28(21(27)29)16-25-12-14-26(15-13-25)19-5-3-18(22)4-6-19/h3-10H,2,11-16H2,1H3. The van der Waals surface area contributed by atoms with E-state index in [1.165, 1.54) is 12.1 Å². The molecule has 0 bridgehead atoms. The fourth-order valence-electron chi connectivity index (χ4n) is 3.66. The van der Waals surface area contributed by atoms with Gasteiger partial charge >= 0.3 is 0 Å². The first-order chi connectivity index (χ1) is 14.2. The van der Waals surface area contributed by atoms with Crippen molar-refractivity contribution in [3.63, 3.8) is 0 Å². The Balaban J connectivity index is 1.47. The quantitative estimate of drug-likeness (QED) is 0.576. The number of hydrogen-bond acceptors (Lipinski definition) is 5. The van der Waals surface area contributed by atoms with Gasteiger partial charge in [-0.05, 0) is 55.0 Å². The molecule has 3 aromatic rings. The van der Waals surface area contributed by atoms with Crippen molar-refractivity contribution < 1.29 is 4.39 Å². The smallest absolute Gasteiger partial charge is 0.199 e. The molecule has 1 aliphatic heterocycles. The zero-order chi connectivity index (χ0) is 20.2. The van der Waals surface area contributed by atoms with E-state index in [1.54, 1.807) is 12.4 Å². The summed E-state index contributed by atoms with van der Waals surface area (Å²) in [4.78, 5) is 8.74. The number of nitrogens with zero attached hydrogens (tertiary/aromatic N) is 6. The highest BCUT2D eigenvalue weighted by Crippen LogP contribution is 2.20. The SMILES string of the molecule is CCCn1c(-c2ccncc2)nn(CN2CCN(c3ccc(F)cc3)CC2)c1=S. The second-order valence-corrected chi connectivity index (χ2v) is 7.58. The van der Waals surface area contributed by atoms with Crippen molar-refractivity contribution in [2.75, 3.05) is 31.1 Å². The van der Waals surface area contributed by atoms with Gasteiger partial charge in [0, 0.05) is 56.4 Å². The molecule has 0 amide bonds. The average Bonchev–Trinajstić information content (AvgIpc) is 3.06. The van der Waals surface area contributed by atoms with Crippen LogP contribution in [0.15, 0.2) is 48.8 Å². The van der Waals surface area contributed by atoms with Crippen LogP contribution in [0.2, 0.25) is 0 Å². The van der Waals surface area contributed by atoms with Crippen LogP contribution in [0, 0.1) is 10.6 Å². The third-order valence-electron chi connectivity index (χ3n) is 5.21. The second-order valence-electron chi connectivity index (χ2n) is 7.22. The Hall–Kier alpha value is -2.58. The highest BCUT2D eigenvalue weighted by molar-refractivity contribution is 7.71. The zero-order valence-corrected chi connectivity index (χ0v) is 17.4. The maximum absolute atomic E-state index is 13.2. The maximum atomic E-state index is 13.2. The first-order valence-electron chi connectivity index (χ1n) is 9.96. The lowest BCUT2D eigenvalue weighted by atomic mass is 10.2. The van der Waals surface area contributed by atoms with E-state index in [1.807, 2.05) is 28.9 Å². The molecule has 0 N–H and O–H groups in total. The zero-order valence-electron chi connectivity index (χ0n) is 16.5. The summed E-state index contributed by atoms with van der Waals surface area (Å²) < 4.78 is 17.9. The predicted molar refractivity (Wildman–Crippen MR) is 115 cm³/mol. The normalized spacial score (nSPS) is 15.0. The van der Waals surface area contributed by atoms with Crippen molar-refractivity contribution in [3.8, 4) is 11.4 Å². The van der Waals surface area contributed by atoms with Gasteiger partial charge in [0.2, 0.25) is 0 Å². The number of piperazine rings is 1. The molecule has 8 heteroatoms. The van der Waals surface area contributed by atoms with Gasteiger partial charge in [0.15, 0.2) is 10.6 Å². The number of aromatic nitrogens is 4. The number of anilines is 1. The minimum absolute atomic E-state index is 0.200. The Morgan fingerprint density at radius 3 is 2.34 bits per heavy atom. The van der Waals surface area contributed by atoms with Gasteiger partial charge < -0.3 is 4.90 Å². The van der Waals surface area contributed by atoms with Crippen molar-refractivity contribution in [3.05, 3.63) is 59.4 Å².